The number of aliphatic hydroxyl groups is 1. The van der Waals surface area contributed by atoms with Gasteiger partial charge in [-0.25, -0.2) is 0 Å². The van der Waals surface area contributed by atoms with Crippen LogP contribution in [0.5, 0.6) is 0 Å². The zero-order valence-corrected chi connectivity index (χ0v) is 6.59. The first-order chi connectivity index (χ1) is 4.84. The molecule has 1 N–H and O–H groups in total. The van der Waals surface area contributed by atoms with E-state index in [1.165, 1.54) is 19.3 Å². The summed E-state index contributed by atoms with van der Waals surface area (Å²) in [4.78, 5) is 0. The minimum atomic E-state index is 0.346. The minimum Gasteiger partial charge on any atom is -0.396 e. The number of aliphatic hydroxyl groups excluding tert-OH is 1. The fourth-order valence-electron chi connectivity index (χ4n) is 1.48. The van der Waals surface area contributed by atoms with Gasteiger partial charge >= 0.3 is 0 Å². The second-order valence-corrected chi connectivity index (χ2v) is 3.20. The molecule has 2 atom stereocenters. The number of hydrogen-bond donors (Lipinski definition) is 1. The molecule has 0 fully saturated rings. The van der Waals surface area contributed by atoms with Crippen LogP contribution in [0.2, 0.25) is 0 Å². The Balaban J connectivity index is 2.33. The first kappa shape index (κ1) is 7.80. The Morgan fingerprint density at radius 1 is 1.60 bits per heavy atom. The molecular weight excluding hydrogens is 124 g/mol. The first-order valence-electron chi connectivity index (χ1n) is 4.10. The number of hydrogen-bond acceptors (Lipinski definition) is 1. The lowest BCUT2D eigenvalue weighted by atomic mass is 9.85. The third-order valence-electron chi connectivity index (χ3n) is 2.40. The Morgan fingerprint density at radius 2 is 2.40 bits per heavy atom. The molecule has 58 valence electrons. The summed E-state index contributed by atoms with van der Waals surface area (Å²) in [5.74, 6) is 1.22. The SMILES string of the molecule is CC(CO)C1CC=CCC1. The van der Waals surface area contributed by atoms with Gasteiger partial charge in [-0.2, -0.15) is 0 Å². The van der Waals surface area contributed by atoms with Crippen molar-refractivity contribution in [3.8, 4) is 0 Å². The van der Waals surface area contributed by atoms with E-state index in [4.69, 9.17) is 5.11 Å². The molecule has 1 heteroatoms. The molecule has 0 bridgehead atoms. The third kappa shape index (κ3) is 1.84. The van der Waals surface area contributed by atoms with Gasteiger partial charge in [-0.05, 0) is 31.1 Å². The van der Waals surface area contributed by atoms with Crippen molar-refractivity contribution in [1.82, 2.24) is 0 Å². The lowest BCUT2D eigenvalue weighted by Gasteiger charge is -2.22. The lowest BCUT2D eigenvalue weighted by molar-refractivity contribution is 0.181. The van der Waals surface area contributed by atoms with E-state index in [-0.39, 0.29) is 0 Å². The molecule has 0 saturated heterocycles. The molecule has 1 nitrogen and oxygen atoms in total. The number of allylic oxidation sites excluding steroid dienone is 2. The van der Waals surface area contributed by atoms with Crippen molar-refractivity contribution in [3.63, 3.8) is 0 Å². The fraction of sp³-hybridized carbons (Fsp3) is 0.778. The molecule has 0 aliphatic heterocycles. The van der Waals surface area contributed by atoms with Crippen molar-refractivity contribution < 1.29 is 5.11 Å². The Hall–Kier alpha value is -0.300. The molecule has 0 spiro atoms. The smallest absolute Gasteiger partial charge is 0.0459 e. The average molecular weight is 140 g/mol. The van der Waals surface area contributed by atoms with Crippen LogP contribution in [0.1, 0.15) is 26.2 Å². The van der Waals surface area contributed by atoms with Gasteiger partial charge in [-0.1, -0.05) is 19.1 Å². The quantitative estimate of drug-likeness (QED) is 0.581. The summed E-state index contributed by atoms with van der Waals surface area (Å²) in [5, 5.41) is 8.86. The molecule has 0 aromatic heterocycles. The normalized spacial score (nSPS) is 28.4. The van der Waals surface area contributed by atoms with E-state index in [0.29, 0.717) is 12.5 Å². The van der Waals surface area contributed by atoms with Gasteiger partial charge in [0.1, 0.15) is 0 Å². The summed E-state index contributed by atoms with van der Waals surface area (Å²) in [7, 11) is 0. The highest BCUT2D eigenvalue weighted by molar-refractivity contribution is 4.91. The minimum absolute atomic E-state index is 0.346. The standard InChI is InChI=1S/C9H16O/c1-8(7-10)9-5-3-2-4-6-9/h2-3,8-10H,4-7H2,1H3. The highest BCUT2D eigenvalue weighted by Crippen LogP contribution is 2.25. The van der Waals surface area contributed by atoms with Crippen LogP contribution in [0.4, 0.5) is 0 Å². The van der Waals surface area contributed by atoms with Crippen LogP contribution >= 0.6 is 0 Å². The second kappa shape index (κ2) is 3.77. The van der Waals surface area contributed by atoms with E-state index in [1.807, 2.05) is 0 Å². The van der Waals surface area contributed by atoms with Crippen LogP contribution in [0.25, 0.3) is 0 Å². The molecule has 0 aromatic carbocycles. The van der Waals surface area contributed by atoms with Gasteiger partial charge < -0.3 is 5.11 Å². The summed E-state index contributed by atoms with van der Waals surface area (Å²) in [6.07, 6.45) is 8.11. The predicted molar refractivity (Wildman–Crippen MR) is 42.7 cm³/mol. The molecule has 0 heterocycles. The summed E-state index contributed by atoms with van der Waals surface area (Å²) < 4.78 is 0. The van der Waals surface area contributed by atoms with Crippen molar-refractivity contribution in [2.24, 2.45) is 11.8 Å². The molecule has 2 unspecified atom stereocenters. The average Bonchev–Trinajstić information content (AvgIpc) is 2.05. The zero-order chi connectivity index (χ0) is 7.40. The molecule has 0 radical (unpaired) electrons. The molecule has 1 aliphatic rings. The van der Waals surface area contributed by atoms with Gasteiger partial charge in [0, 0.05) is 6.61 Å². The predicted octanol–water partition coefficient (Wildman–Crippen LogP) is 1.97. The Bertz CT molecular complexity index is 118. The van der Waals surface area contributed by atoms with Crippen LogP contribution < -0.4 is 0 Å². The van der Waals surface area contributed by atoms with Gasteiger partial charge in [-0.3, -0.25) is 0 Å². The van der Waals surface area contributed by atoms with Crippen LogP contribution in [-0.2, 0) is 0 Å². The van der Waals surface area contributed by atoms with E-state index in [0.717, 1.165) is 5.92 Å². The van der Waals surface area contributed by atoms with E-state index >= 15 is 0 Å². The molecule has 10 heavy (non-hydrogen) atoms. The molecule has 1 rings (SSSR count). The fourth-order valence-corrected chi connectivity index (χ4v) is 1.48. The highest BCUT2D eigenvalue weighted by atomic mass is 16.3. The summed E-state index contributed by atoms with van der Waals surface area (Å²) in [6, 6.07) is 0. The van der Waals surface area contributed by atoms with Gasteiger partial charge in [-0.15, -0.1) is 0 Å². The molecular formula is C9H16O. The van der Waals surface area contributed by atoms with Crippen molar-refractivity contribution in [2.45, 2.75) is 26.2 Å². The van der Waals surface area contributed by atoms with Crippen molar-refractivity contribution in [2.75, 3.05) is 6.61 Å². The van der Waals surface area contributed by atoms with Gasteiger partial charge in [0.15, 0.2) is 0 Å². The third-order valence-corrected chi connectivity index (χ3v) is 2.40. The first-order valence-corrected chi connectivity index (χ1v) is 4.10. The largest absolute Gasteiger partial charge is 0.396 e. The Labute approximate surface area is 62.8 Å². The van der Waals surface area contributed by atoms with E-state index in [2.05, 4.69) is 19.1 Å². The van der Waals surface area contributed by atoms with Crippen LogP contribution in [0, 0.1) is 11.8 Å². The van der Waals surface area contributed by atoms with Gasteiger partial charge in [0.25, 0.3) is 0 Å². The van der Waals surface area contributed by atoms with E-state index in [1.54, 1.807) is 0 Å². The lowest BCUT2D eigenvalue weighted by Crippen LogP contribution is -2.16. The highest BCUT2D eigenvalue weighted by Gasteiger charge is 2.15. The van der Waals surface area contributed by atoms with Crippen molar-refractivity contribution in [3.05, 3.63) is 12.2 Å². The monoisotopic (exact) mass is 140 g/mol. The molecule has 0 amide bonds. The topological polar surface area (TPSA) is 20.2 Å². The van der Waals surface area contributed by atoms with Gasteiger partial charge in [0.2, 0.25) is 0 Å². The Morgan fingerprint density at radius 3 is 2.90 bits per heavy atom. The van der Waals surface area contributed by atoms with Crippen molar-refractivity contribution in [1.29, 1.82) is 0 Å². The summed E-state index contributed by atoms with van der Waals surface area (Å²) in [6.45, 7) is 2.47. The molecule has 0 aromatic rings. The van der Waals surface area contributed by atoms with E-state index in [9.17, 15) is 0 Å². The van der Waals surface area contributed by atoms with Gasteiger partial charge in [0.05, 0.1) is 0 Å². The second-order valence-electron chi connectivity index (χ2n) is 3.20. The maximum absolute atomic E-state index is 8.86. The van der Waals surface area contributed by atoms with Crippen LogP contribution in [0.3, 0.4) is 0 Å². The summed E-state index contributed by atoms with van der Waals surface area (Å²) in [5.41, 5.74) is 0. The molecule has 1 aliphatic carbocycles. The number of rotatable bonds is 2. The maximum Gasteiger partial charge on any atom is 0.0459 e. The van der Waals surface area contributed by atoms with E-state index < -0.39 is 0 Å². The maximum atomic E-state index is 8.86. The summed E-state index contributed by atoms with van der Waals surface area (Å²) >= 11 is 0. The molecule has 0 saturated carbocycles. The van der Waals surface area contributed by atoms with Crippen molar-refractivity contribution >= 4 is 0 Å². The Kier molecular flexibility index (Phi) is 2.94. The zero-order valence-electron chi connectivity index (χ0n) is 6.59. The van der Waals surface area contributed by atoms with Crippen LogP contribution in [-0.4, -0.2) is 11.7 Å². The van der Waals surface area contributed by atoms with Crippen LogP contribution in [0.15, 0.2) is 12.2 Å².